The lowest BCUT2D eigenvalue weighted by Gasteiger charge is -2.29. The molecule has 0 unspecified atom stereocenters. The van der Waals surface area contributed by atoms with Gasteiger partial charge in [-0.2, -0.15) is 4.98 Å². The van der Waals surface area contributed by atoms with Crippen molar-refractivity contribution in [2.24, 2.45) is 5.92 Å². The van der Waals surface area contributed by atoms with Crippen LogP contribution in [-0.4, -0.2) is 45.9 Å². The van der Waals surface area contributed by atoms with Crippen LogP contribution in [0, 0.1) is 18.7 Å². The molecular weight excluding hydrogens is 341 g/mol. The average Bonchev–Trinajstić information content (AvgIpc) is 3.05. The van der Waals surface area contributed by atoms with E-state index in [-0.39, 0.29) is 11.5 Å². The zero-order valence-corrected chi connectivity index (χ0v) is 14.7. The summed E-state index contributed by atoms with van der Waals surface area (Å²) in [4.78, 5) is 16.4. The topological polar surface area (TPSA) is 88.7 Å². The van der Waals surface area contributed by atoms with Crippen molar-refractivity contribution in [2.45, 2.75) is 32.6 Å². The molecule has 1 amide bonds. The first-order valence-electron chi connectivity index (χ1n) is 8.74. The lowest BCUT2D eigenvalue weighted by molar-refractivity contribution is 0.121. The number of carboxylic acid groups (broad SMARTS) is 1. The van der Waals surface area contributed by atoms with Crippen LogP contribution >= 0.6 is 0 Å². The van der Waals surface area contributed by atoms with Crippen molar-refractivity contribution in [3.05, 3.63) is 29.8 Å². The lowest BCUT2D eigenvalue weighted by Crippen LogP contribution is -2.37. The van der Waals surface area contributed by atoms with E-state index in [1.165, 1.54) is 11.0 Å². The molecule has 0 saturated carbocycles. The predicted molar refractivity (Wildman–Crippen MR) is 91.5 cm³/mol. The molecule has 0 atom stereocenters. The molecule has 1 aliphatic rings. The lowest BCUT2D eigenvalue weighted by atomic mass is 9.92. The highest BCUT2D eigenvalue weighted by atomic mass is 19.1. The molecule has 140 valence electrons. The largest absolute Gasteiger partial charge is 0.493 e. The number of aromatic nitrogens is 2. The maximum absolute atomic E-state index is 14.2. The minimum absolute atomic E-state index is 0.152. The maximum atomic E-state index is 14.2. The van der Waals surface area contributed by atoms with Gasteiger partial charge >= 0.3 is 6.09 Å². The first-order chi connectivity index (χ1) is 12.5. The summed E-state index contributed by atoms with van der Waals surface area (Å²) < 4.78 is 24.8. The van der Waals surface area contributed by atoms with Gasteiger partial charge in [-0.25, -0.2) is 9.18 Å². The predicted octanol–water partition coefficient (Wildman–Crippen LogP) is 3.73. The number of ether oxygens (including phenoxy) is 1. The van der Waals surface area contributed by atoms with Gasteiger partial charge in [-0.1, -0.05) is 5.16 Å². The molecule has 2 aromatic rings. The number of hydrogen-bond acceptors (Lipinski definition) is 5. The first-order valence-corrected chi connectivity index (χ1v) is 8.74. The summed E-state index contributed by atoms with van der Waals surface area (Å²) in [6, 6.07) is 4.57. The van der Waals surface area contributed by atoms with E-state index in [4.69, 9.17) is 14.4 Å². The fraction of sp³-hybridized carbons (Fsp3) is 0.500. The second kappa shape index (κ2) is 8.16. The van der Waals surface area contributed by atoms with Crippen LogP contribution in [0.4, 0.5) is 9.18 Å². The molecule has 26 heavy (non-hydrogen) atoms. The van der Waals surface area contributed by atoms with E-state index < -0.39 is 11.9 Å². The van der Waals surface area contributed by atoms with Crippen LogP contribution in [0.25, 0.3) is 11.5 Å². The van der Waals surface area contributed by atoms with E-state index in [0.717, 1.165) is 25.7 Å². The molecule has 0 spiro atoms. The third kappa shape index (κ3) is 4.50. The zero-order chi connectivity index (χ0) is 18.5. The quantitative estimate of drug-likeness (QED) is 0.787. The molecular formula is C18H22FN3O4. The molecule has 1 fully saturated rings. The Bertz CT molecular complexity index is 757. The molecule has 1 saturated heterocycles. The number of piperidine rings is 1. The number of aryl methyl sites for hydroxylation is 1. The van der Waals surface area contributed by atoms with Crippen LogP contribution in [0.1, 0.15) is 31.5 Å². The monoisotopic (exact) mass is 363 g/mol. The minimum atomic E-state index is -0.840. The number of nitrogens with zero attached hydrogens (tertiary/aromatic N) is 3. The van der Waals surface area contributed by atoms with Gasteiger partial charge in [0.05, 0.1) is 12.2 Å². The Labute approximate surface area is 150 Å². The summed E-state index contributed by atoms with van der Waals surface area (Å²) in [5.41, 5.74) is 0.253. The van der Waals surface area contributed by atoms with Gasteiger partial charge < -0.3 is 19.3 Å². The third-order valence-corrected chi connectivity index (χ3v) is 4.61. The standard InChI is InChI=1S/C18H22FN3O4/c1-12-20-17(26-21-12)15-5-4-14(11-16(15)19)25-10-2-3-13-6-8-22(9-7-13)18(23)24/h4-5,11,13H,2-3,6-10H2,1H3,(H,23,24). The second-order valence-corrected chi connectivity index (χ2v) is 6.49. The zero-order valence-electron chi connectivity index (χ0n) is 14.7. The molecule has 1 aliphatic heterocycles. The van der Waals surface area contributed by atoms with Crippen molar-refractivity contribution < 1.29 is 23.6 Å². The number of likely N-dealkylation sites (tertiary alicyclic amines) is 1. The van der Waals surface area contributed by atoms with E-state index in [9.17, 15) is 9.18 Å². The van der Waals surface area contributed by atoms with E-state index >= 15 is 0 Å². The van der Waals surface area contributed by atoms with Crippen molar-refractivity contribution in [3.8, 4) is 17.2 Å². The fourth-order valence-electron chi connectivity index (χ4n) is 3.14. The summed E-state index contributed by atoms with van der Waals surface area (Å²) in [6.45, 7) is 3.37. The van der Waals surface area contributed by atoms with E-state index in [0.29, 0.717) is 37.2 Å². The molecule has 0 radical (unpaired) electrons. The molecule has 1 N–H and O–H groups in total. The van der Waals surface area contributed by atoms with Crippen LogP contribution in [0.3, 0.4) is 0 Å². The van der Waals surface area contributed by atoms with Crippen molar-refractivity contribution in [3.63, 3.8) is 0 Å². The SMILES string of the molecule is Cc1noc(-c2ccc(OCCCC3CCN(C(=O)O)CC3)cc2F)n1. The first kappa shape index (κ1) is 18.2. The van der Waals surface area contributed by atoms with Crippen LogP contribution < -0.4 is 4.74 Å². The van der Waals surface area contributed by atoms with Crippen molar-refractivity contribution in [1.82, 2.24) is 15.0 Å². The summed E-state index contributed by atoms with van der Waals surface area (Å²) in [5.74, 6) is 1.12. The normalized spacial score (nSPS) is 15.2. The van der Waals surface area contributed by atoms with Gasteiger partial charge in [0.25, 0.3) is 5.89 Å². The summed E-state index contributed by atoms with van der Waals surface area (Å²) >= 11 is 0. The third-order valence-electron chi connectivity index (χ3n) is 4.61. The van der Waals surface area contributed by atoms with Gasteiger partial charge in [0.15, 0.2) is 5.82 Å². The Morgan fingerprint density at radius 1 is 1.42 bits per heavy atom. The van der Waals surface area contributed by atoms with E-state index in [2.05, 4.69) is 10.1 Å². The average molecular weight is 363 g/mol. The molecule has 8 heteroatoms. The van der Waals surface area contributed by atoms with E-state index in [1.54, 1.807) is 19.1 Å². The summed E-state index contributed by atoms with van der Waals surface area (Å²) in [6.07, 6.45) is 2.77. The Morgan fingerprint density at radius 3 is 2.81 bits per heavy atom. The highest BCUT2D eigenvalue weighted by Crippen LogP contribution is 2.26. The molecule has 2 heterocycles. The molecule has 1 aromatic carbocycles. The van der Waals surface area contributed by atoms with Crippen molar-refractivity contribution in [1.29, 1.82) is 0 Å². The molecule has 0 aliphatic carbocycles. The Hall–Kier alpha value is -2.64. The number of carbonyl (C=O) groups is 1. The van der Waals surface area contributed by atoms with Crippen molar-refractivity contribution >= 4 is 6.09 Å². The minimum Gasteiger partial charge on any atom is -0.493 e. The summed E-state index contributed by atoms with van der Waals surface area (Å²) in [7, 11) is 0. The van der Waals surface area contributed by atoms with Gasteiger partial charge in [0.2, 0.25) is 0 Å². The Morgan fingerprint density at radius 2 is 2.19 bits per heavy atom. The fourth-order valence-corrected chi connectivity index (χ4v) is 3.14. The number of amides is 1. The smallest absolute Gasteiger partial charge is 0.407 e. The van der Waals surface area contributed by atoms with Gasteiger partial charge in [-0.3, -0.25) is 0 Å². The molecule has 1 aromatic heterocycles. The van der Waals surface area contributed by atoms with Crippen LogP contribution in [0.15, 0.2) is 22.7 Å². The van der Waals surface area contributed by atoms with E-state index in [1.807, 2.05) is 0 Å². The van der Waals surface area contributed by atoms with Crippen molar-refractivity contribution in [2.75, 3.05) is 19.7 Å². The van der Waals surface area contributed by atoms with Crippen LogP contribution in [0.2, 0.25) is 0 Å². The van der Waals surface area contributed by atoms with Gasteiger partial charge in [0, 0.05) is 19.2 Å². The van der Waals surface area contributed by atoms with Crippen LogP contribution in [-0.2, 0) is 0 Å². The highest BCUT2D eigenvalue weighted by Gasteiger charge is 2.21. The second-order valence-electron chi connectivity index (χ2n) is 6.49. The molecule has 7 nitrogen and oxygen atoms in total. The number of halogens is 1. The number of hydrogen-bond donors (Lipinski definition) is 1. The van der Waals surface area contributed by atoms with Crippen LogP contribution in [0.5, 0.6) is 5.75 Å². The Kier molecular flexibility index (Phi) is 5.70. The highest BCUT2D eigenvalue weighted by molar-refractivity contribution is 5.65. The summed E-state index contributed by atoms with van der Waals surface area (Å²) in [5, 5.41) is 12.6. The Balaban J connectivity index is 1.43. The van der Waals surface area contributed by atoms with Gasteiger partial charge in [-0.15, -0.1) is 0 Å². The number of benzene rings is 1. The molecule has 3 rings (SSSR count). The van der Waals surface area contributed by atoms with Gasteiger partial charge in [0.1, 0.15) is 11.6 Å². The molecule has 0 bridgehead atoms. The maximum Gasteiger partial charge on any atom is 0.407 e. The van der Waals surface area contributed by atoms with Gasteiger partial charge in [-0.05, 0) is 50.7 Å². The number of rotatable bonds is 6.